The van der Waals surface area contributed by atoms with Crippen LogP contribution in [0.25, 0.3) is 0 Å². The van der Waals surface area contributed by atoms with Gasteiger partial charge in [0.2, 0.25) is 6.41 Å². The average Bonchev–Trinajstić information content (AvgIpc) is 3.27. The van der Waals surface area contributed by atoms with Crippen LogP contribution in [0.2, 0.25) is 0 Å². The zero-order chi connectivity index (χ0) is 22.8. The van der Waals surface area contributed by atoms with E-state index in [9.17, 15) is 14.5 Å². The van der Waals surface area contributed by atoms with E-state index in [1.165, 1.54) is 23.3 Å². The number of hydrogen-bond donors (Lipinski definition) is 5. The minimum absolute atomic E-state index is 0.0995. The molecule has 0 bridgehead atoms. The van der Waals surface area contributed by atoms with E-state index in [-0.39, 0.29) is 23.2 Å². The topological polar surface area (TPSA) is 132 Å². The summed E-state index contributed by atoms with van der Waals surface area (Å²) in [6.45, 7) is 3.98. The fraction of sp³-hybridized carbons (Fsp3) is 0.250. The molecule has 8 nitrogen and oxygen atoms in total. The summed E-state index contributed by atoms with van der Waals surface area (Å²) in [6, 6.07) is 8.91. The molecule has 0 aliphatic carbocycles. The first kappa shape index (κ1) is 24.8. The smallest absolute Gasteiger partial charge is 0.227 e. The number of aliphatic hydroxyl groups excluding tert-OH is 1. The van der Waals surface area contributed by atoms with Crippen LogP contribution in [0.5, 0.6) is 0 Å². The minimum atomic E-state index is -0.161. The van der Waals surface area contributed by atoms with Gasteiger partial charge in [-0.1, -0.05) is 31.9 Å². The van der Waals surface area contributed by atoms with Crippen molar-refractivity contribution in [2.45, 2.75) is 25.2 Å². The maximum absolute atomic E-state index is 11.1. The number of anilines is 1. The lowest BCUT2D eigenvalue weighted by atomic mass is 9.99. The first-order chi connectivity index (χ1) is 14.9. The molecule has 6 N–H and O–H groups in total. The van der Waals surface area contributed by atoms with Crippen molar-refractivity contribution in [2.24, 2.45) is 21.7 Å². The van der Waals surface area contributed by atoms with Crippen LogP contribution in [0, 0.1) is 5.92 Å². The Morgan fingerprint density at radius 1 is 1.35 bits per heavy atom. The summed E-state index contributed by atoms with van der Waals surface area (Å²) in [4.78, 5) is 16.4. The third kappa shape index (κ3) is 7.03. The van der Waals surface area contributed by atoms with Gasteiger partial charge in [-0.25, -0.2) is 10.4 Å². The molecule has 11 heteroatoms. The number of thiophene rings is 1. The standard InChI is InChI=1S/C20H25N5O3S3/c1-12(2)9-14(19(27)18(24-22-11-26)16-5-4-8-30-16)20(21)23-15-7-6-13(25-29-3)10-17(15)31-28/h4-8,10-12,25,27-28H,9H2,1-3H3,(H2,21,23)(H,22,26)/b19-14-,24-18-. The van der Waals surface area contributed by atoms with E-state index in [2.05, 4.69) is 20.2 Å². The number of carbonyl (C=O) groups excluding carboxylic acids is 1. The number of hydrogen-bond acceptors (Lipinski definition) is 9. The Labute approximate surface area is 194 Å². The maximum atomic E-state index is 11.1. The molecule has 2 aromatic rings. The van der Waals surface area contributed by atoms with E-state index in [0.717, 1.165) is 5.69 Å². The second kappa shape index (κ2) is 12.4. The molecule has 0 atom stereocenters. The van der Waals surface area contributed by atoms with E-state index in [1.54, 1.807) is 18.2 Å². The normalized spacial score (nSPS) is 13.2. The van der Waals surface area contributed by atoms with Gasteiger partial charge < -0.3 is 20.1 Å². The zero-order valence-corrected chi connectivity index (χ0v) is 19.8. The molecule has 0 aliphatic heterocycles. The molecule has 1 aromatic heterocycles. The Morgan fingerprint density at radius 2 is 2.13 bits per heavy atom. The molecule has 0 aliphatic rings. The Morgan fingerprint density at radius 3 is 2.71 bits per heavy atom. The predicted molar refractivity (Wildman–Crippen MR) is 133 cm³/mol. The van der Waals surface area contributed by atoms with Crippen molar-refractivity contribution in [1.82, 2.24) is 5.43 Å². The van der Waals surface area contributed by atoms with Crippen molar-refractivity contribution in [3.8, 4) is 0 Å². The molecular weight excluding hydrogens is 454 g/mol. The number of amides is 1. The first-order valence-corrected chi connectivity index (χ1v) is 12.1. The number of aliphatic hydroxyl groups is 1. The highest BCUT2D eigenvalue weighted by Crippen LogP contribution is 2.32. The molecular formula is C20H25N5O3S3. The van der Waals surface area contributed by atoms with Crippen LogP contribution in [0.4, 0.5) is 11.4 Å². The van der Waals surface area contributed by atoms with Crippen molar-refractivity contribution in [3.05, 3.63) is 51.9 Å². The van der Waals surface area contributed by atoms with Crippen LogP contribution in [-0.2, 0) is 4.79 Å². The summed E-state index contributed by atoms with van der Waals surface area (Å²) < 4.78 is 12.8. The SMILES string of the molecule is CSNc1ccc(N=C(N)/C(CC(C)C)=C(O)/C(=N\NC=O)c2cccs2)c(SO)c1. The van der Waals surface area contributed by atoms with Gasteiger partial charge in [0.25, 0.3) is 0 Å². The summed E-state index contributed by atoms with van der Waals surface area (Å²) in [5.74, 6) is 0.0995. The number of aliphatic imine (C=N–C) groups is 1. The van der Waals surface area contributed by atoms with Crippen LogP contribution in [-0.4, -0.2) is 33.9 Å². The van der Waals surface area contributed by atoms with Crippen molar-refractivity contribution < 1.29 is 14.5 Å². The Balaban J connectivity index is 2.57. The molecule has 0 spiro atoms. The summed E-state index contributed by atoms with van der Waals surface area (Å²) in [5, 5.41) is 16.9. The molecule has 0 unspecified atom stereocenters. The van der Waals surface area contributed by atoms with Gasteiger partial charge in [-0.05, 0) is 42.0 Å². The molecule has 0 radical (unpaired) electrons. The van der Waals surface area contributed by atoms with E-state index in [4.69, 9.17) is 5.73 Å². The van der Waals surface area contributed by atoms with Crippen molar-refractivity contribution in [2.75, 3.05) is 11.0 Å². The maximum Gasteiger partial charge on any atom is 0.227 e. The lowest BCUT2D eigenvalue weighted by molar-refractivity contribution is -0.109. The zero-order valence-electron chi connectivity index (χ0n) is 17.3. The summed E-state index contributed by atoms with van der Waals surface area (Å²) in [6.07, 6.45) is 2.75. The molecule has 31 heavy (non-hydrogen) atoms. The second-order valence-electron chi connectivity index (χ2n) is 6.69. The fourth-order valence-corrected chi connectivity index (χ4v) is 4.13. The highest BCUT2D eigenvalue weighted by atomic mass is 32.2. The van der Waals surface area contributed by atoms with Crippen LogP contribution in [0.15, 0.2) is 62.0 Å². The molecule has 2 rings (SSSR count). The molecule has 166 valence electrons. The van der Waals surface area contributed by atoms with Crippen LogP contribution in [0.1, 0.15) is 25.1 Å². The minimum Gasteiger partial charge on any atom is -0.505 e. The highest BCUT2D eigenvalue weighted by molar-refractivity contribution is 7.99. The number of allylic oxidation sites excluding steroid dienone is 1. The van der Waals surface area contributed by atoms with Gasteiger partial charge in [0, 0.05) is 29.6 Å². The van der Waals surface area contributed by atoms with E-state index in [0.29, 0.717) is 45.9 Å². The Kier molecular flexibility index (Phi) is 9.92. The fourth-order valence-electron chi connectivity index (χ4n) is 2.66. The summed E-state index contributed by atoms with van der Waals surface area (Å²) >= 11 is 3.37. The lowest BCUT2D eigenvalue weighted by Gasteiger charge is -2.15. The van der Waals surface area contributed by atoms with Gasteiger partial charge in [0.05, 0.1) is 15.5 Å². The van der Waals surface area contributed by atoms with Crippen LogP contribution in [0.3, 0.4) is 0 Å². The van der Waals surface area contributed by atoms with Crippen LogP contribution >= 0.6 is 35.3 Å². The number of hydrazone groups is 1. The third-order valence-electron chi connectivity index (χ3n) is 3.93. The van der Waals surface area contributed by atoms with Gasteiger partial charge in [0.15, 0.2) is 5.76 Å². The highest BCUT2D eigenvalue weighted by Gasteiger charge is 2.20. The van der Waals surface area contributed by atoms with Crippen molar-refractivity contribution in [3.63, 3.8) is 0 Å². The molecule has 0 saturated carbocycles. The summed E-state index contributed by atoms with van der Waals surface area (Å²) in [7, 11) is 0. The van der Waals surface area contributed by atoms with Gasteiger partial charge >= 0.3 is 0 Å². The van der Waals surface area contributed by atoms with Crippen molar-refractivity contribution in [1.29, 1.82) is 0 Å². The monoisotopic (exact) mass is 479 g/mol. The molecule has 0 fully saturated rings. The molecule has 1 amide bonds. The number of rotatable bonds is 11. The van der Waals surface area contributed by atoms with E-state index >= 15 is 0 Å². The average molecular weight is 480 g/mol. The molecule has 1 heterocycles. The van der Waals surface area contributed by atoms with E-state index < -0.39 is 0 Å². The molecule has 1 aromatic carbocycles. The Hall–Kier alpha value is -2.47. The van der Waals surface area contributed by atoms with Gasteiger partial charge in [-0.3, -0.25) is 4.79 Å². The number of nitrogens with zero attached hydrogens (tertiary/aromatic N) is 2. The number of nitrogens with one attached hydrogen (secondary N) is 2. The van der Waals surface area contributed by atoms with Gasteiger partial charge in [-0.15, -0.1) is 11.3 Å². The second-order valence-corrected chi connectivity index (χ2v) is 8.87. The number of nitrogens with two attached hydrogens (primary N) is 1. The predicted octanol–water partition coefficient (Wildman–Crippen LogP) is 5.00. The third-order valence-corrected chi connectivity index (χ3v) is 5.77. The number of carbonyl (C=O) groups is 1. The van der Waals surface area contributed by atoms with Gasteiger partial charge in [0.1, 0.15) is 11.5 Å². The number of amidine groups is 1. The van der Waals surface area contributed by atoms with E-state index in [1.807, 2.05) is 37.6 Å². The van der Waals surface area contributed by atoms with Crippen molar-refractivity contribution >= 4 is 64.7 Å². The lowest BCUT2D eigenvalue weighted by Crippen LogP contribution is -2.22. The number of benzene rings is 1. The van der Waals surface area contributed by atoms with Crippen LogP contribution < -0.4 is 15.9 Å². The first-order valence-electron chi connectivity index (χ1n) is 9.23. The summed E-state index contributed by atoms with van der Waals surface area (Å²) in [5.41, 5.74) is 10.4. The Bertz CT molecular complexity index is 972. The molecule has 0 saturated heterocycles. The van der Waals surface area contributed by atoms with Gasteiger partial charge in [-0.2, -0.15) is 5.10 Å². The largest absolute Gasteiger partial charge is 0.505 e. The quantitative estimate of drug-likeness (QED) is 0.0582.